The summed E-state index contributed by atoms with van der Waals surface area (Å²) in [5.74, 6) is 0.497. The molecule has 0 bridgehead atoms. The third kappa shape index (κ3) is 5.92. The van der Waals surface area contributed by atoms with Crippen LogP contribution in [0, 0.1) is 5.41 Å². The van der Waals surface area contributed by atoms with E-state index < -0.39 is 0 Å². The van der Waals surface area contributed by atoms with Crippen LogP contribution in [0.4, 0.5) is 5.69 Å². The summed E-state index contributed by atoms with van der Waals surface area (Å²) in [5, 5.41) is 9.54. The standard InChI is InChI=1S/C53H50N4/c1-53(51-33-46(54-52(55-51)39-18-6-3-7-19-39)38-30-28-37(29-31-38)36-16-4-2-5-17-36)34-40(56-47-24-12-8-20-42(47)43-21-9-13-25-48(43)56)32-41(35-53)57-49-26-14-10-22-44(49)45-23-11-15-27-50(45)57/h2,4-6,8,10,12-20,22,24-34,43,48,51-52,54-55H,3,7,9,11,21,23,35H2,1H3. The molecule has 6 aliphatic rings. The lowest BCUT2D eigenvalue weighted by molar-refractivity contribution is 0.294. The fraction of sp³-hybridized carbons (Fsp3) is 0.245. The highest BCUT2D eigenvalue weighted by molar-refractivity contribution is 5.92. The summed E-state index contributed by atoms with van der Waals surface area (Å²) in [5.41, 5.74) is 15.5. The second-order valence-corrected chi connectivity index (χ2v) is 17.0. The number of allylic oxidation sites excluding steroid dienone is 6. The number of anilines is 1. The quantitative estimate of drug-likeness (QED) is 0.170. The van der Waals surface area contributed by atoms with Crippen molar-refractivity contribution in [2.45, 2.75) is 76.0 Å². The number of rotatable bonds is 6. The van der Waals surface area contributed by atoms with Crippen LogP contribution in [0.15, 0.2) is 169 Å². The molecule has 0 spiro atoms. The molecule has 57 heavy (non-hydrogen) atoms. The van der Waals surface area contributed by atoms with Gasteiger partial charge in [-0.1, -0.05) is 140 Å². The number of nitrogens with one attached hydrogen (secondary N) is 2. The van der Waals surface area contributed by atoms with Crippen LogP contribution < -0.4 is 15.5 Å². The zero-order valence-electron chi connectivity index (χ0n) is 32.7. The number of aromatic nitrogens is 1. The Balaban J connectivity index is 1.07. The second kappa shape index (κ2) is 14.0. The van der Waals surface area contributed by atoms with E-state index in [2.05, 4.69) is 191 Å². The number of benzene rings is 4. The van der Waals surface area contributed by atoms with E-state index in [9.17, 15) is 0 Å². The van der Waals surface area contributed by atoms with Gasteiger partial charge in [0.15, 0.2) is 0 Å². The van der Waals surface area contributed by atoms with E-state index in [0.29, 0.717) is 12.0 Å². The molecular weight excluding hydrogens is 693 g/mol. The van der Waals surface area contributed by atoms with Crippen LogP contribution >= 0.6 is 0 Å². The molecule has 4 aromatic carbocycles. The maximum atomic E-state index is 4.19. The van der Waals surface area contributed by atoms with Gasteiger partial charge in [-0.25, -0.2) is 0 Å². The van der Waals surface area contributed by atoms with Gasteiger partial charge in [-0.05, 0) is 109 Å². The summed E-state index contributed by atoms with van der Waals surface area (Å²) in [6.45, 7) is 2.50. The topological polar surface area (TPSA) is 32.2 Å². The summed E-state index contributed by atoms with van der Waals surface area (Å²) >= 11 is 0. The van der Waals surface area contributed by atoms with Crippen molar-refractivity contribution in [3.63, 3.8) is 0 Å². The lowest BCUT2D eigenvalue weighted by Crippen LogP contribution is -2.56. The molecule has 0 saturated heterocycles. The van der Waals surface area contributed by atoms with Crippen LogP contribution in [0.25, 0.3) is 39.5 Å². The molecule has 4 aliphatic carbocycles. The first-order chi connectivity index (χ1) is 28.1. The molecule has 5 unspecified atom stereocenters. The number of hydrogen-bond acceptors (Lipinski definition) is 3. The van der Waals surface area contributed by atoms with Crippen molar-refractivity contribution in [3.8, 4) is 11.1 Å². The molecule has 0 fully saturated rings. The molecule has 0 radical (unpaired) electrons. The molecule has 282 valence electrons. The van der Waals surface area contributed by atoms with Crippen molar-refractivity contribution in [2.24, 2.45) is 5.41 Å². The molecule has 2 aliphatic heterocycles. The van der Waals surface area contributed by atoms with Crippen LogP contribution in [0.3, 0.4) is 0 Å². The van der Waals surface area contributed by atoms with Crippen molar-refractivity contribution in [2.75, 3.05) is 4.90 Å². The third-order valence-electron chi connectivity index (χ3n) is 13.4. The van der Waals surface area contributed by atoms with Crippen LogP contribution in [0.1, 0.15) is 73.8 Å². The molecule has 0 amide bonds. The predicted octanol–water partition coefficient (Wildman–Crippen LogP) is 11.9. The maximum absolute atomic E-state index is 4.19. The van der Waals surface area contributed by atoms with Gasteiger partial charge in [0.1, 0.15) is 6.17 Å². The molecule has 2 N–H and O–H groups in total. The SMILES string of the molecule is CC1(C2C=C(c3ccc(-c4ccccc4)cc3)NC(C3=CCCC=C3)N2)C=C(N2c3ccccc3C3CCC=CC32)C=C(n2c3c(c4ccccc42)CCC=C3)C1. The molecule has 4 heteroatoms. The first kappa shape index (κ1) is 34.4. The number of fused-ring (bicyclic) bond motifs is 6. The monoisotopic (exact) mass is 742 g/mol. The van der Waals surface area contributed by atoms with Crippen LogP contribution in [-0.4, -0.2) is 22.8 Å². The summed E-state index contributed by atoms with van der Waals surface area (Å²) in [7, 11) is 0. The molecule has 5 aromatic rings. The number of nitrogens with zero attached hydrogens (tertiary/aromatic N) is 2. The van der Waals surface area contributed by atoms with E-state index in [4.69, 9.17) is 0 Å². The first-order valence-electron chi connectivity index (χ1n) is 21.2. The maximum Gasteiger partial charge on any atom is 0.103 e. The van der Waals surface area contributed by atoms with Crippen molar-refractivity contribution < 1.29 is 0 Å². The Morgan fingerprint density at radius 3 is 2.40 bits per heavy atom. The highest BCUT2D eigenvalue weighted by Crippen LogP contribution is 2.51. The molecule has 3 heterocycles. The Labute approximate surface area is 337 Å². The molecular formula is C53H50N4. The molecule has 5 atom stereocenters. The first-order valence-corrected chi connectivity index (χ1v) is 21.2. The highest BCUT2D eigenvalue weighted by Gasteiger charge is 2.44. The van der Waals surface area contributed by atoms with Gasteiger partial charge in [0.25, 0.3) is 0 Å². The van der Waals surface area contributed by atoms with E-state index >= 15 is 0 Å². The van der Waals surface area contributed by atoms with Crippen LogP contribution in [0.5, 0.6) is 0 Å². The number of aryl methyl sites for hydroxylation is 1. The third-order valence-corrected chi connectivity index (χ3v) is 13.4. The second-order valence-electron chi connectivity index (χ2n) is 17.0. The van der Waals surface area contributed by atoms with Crippen LogP contribution in [-0.2, 0) is 6.42 Å². The minimum Gasteiger partial charge on any atom is -0.366 e. The summed E-state index contributed by atoms with van der Waals surface area (Å²) in [6, 6.07) is 38.5. The van der Waals surface area contributed by atoms with E-state index in [1.807, 2.05) is 0 Å². The fourth-order valence-electron chi connectivity index (χ4n) is 10.6. The van der Waals surface area contributed by atoms with E-state index in [0.717, 1.165) is 38.5 Å². The zero-order valence-corrected chi connectivity index (χ0v) is 32.7. The molecule has 4 nitrogen and oxygen atoms in total. The fourth-order valence-corrected chi connectivity index (χ4v) is 10.6. The average molecular weight is 743 g/mol. The Kier molecular flexibility index (Phi) is 8.43. The van der Waals surface area contributed by atoms with Gasteiger partial charge >= 0.3 is 0 Å². The summed E-state index contributed by atoms with van der Waals surface area (Å²) in [4.78, 5) is 2.68. The van der Waals surface area contributed by atoms with Crippen molar-refractivity contribution >= 4 is 34.1 Å². The number of para-hydroxylation sites is 2. The highest BCUT2D eigenvalue weighted by atomic mass is 15.2. The van der Waals surface area contributed by atoms with Crippen LogP contribution in [0.2, 0.25) is 0 Å². The molecule has 11 rings (SSSR count). The van der Waals surface area contributed by atoms with Gasteiger partial charge in [0.2, 0.25) is 0 Å². The van der Waals surface area contributed by atoms with Gasteiger partial charge < -0.3 is 14.8 Å². The van der Waals surface area contributed by atoms with E-state index in [-0.39, 0.29) is 17.6 Å². The van der Waals surface area contributed by atoms with Gasteiger partial charge in [-0.2, -0.15) is 0 Å². The number of hydrogen-bond donors (Lipinski definition) is 2. The normalized spacial score (nSPS) is 26.2. The Hall–Kier alpha value is -5.84. The lowest BCUT2D eigenvalue weighted by atomic mass is 9.73. The average Bonchev–Trinajstić information content (AvgIpc) is 3.80. The van der Waals surface area contributed by atoms with E-state index in [1.54, 1.807) is 0 Å². The smallest absolute Gasteiger partial charge is 0.103 e. The Bertz CT molecular complexity index is 2590. The molecule has 1 aromatic heterocycles. The molecule has 0 saturated carbocycles. The Morgan fingerprint density at radius 1 is 0.737 bits per heavy atom. The summed E-state index contributed by atoms with van der Waals surface area (Å²) < 4.78 is 2.61. The predicted molar refractivity (Wildman–Crippen MR) is 238 cm³/mol. The largest absolute Gasteiger partial charge is 0.366 e. The van der Waals surface area contributed by atoms with E-state index in [1.165, 1.54) is 79.2 Å². The van der Waals surface area contributed by atoms with Crippen molar-refractivity contribution in [3.05, 3.63) is 191 Å². The van der Waals surface area contributed by atoms with Crippen molar-refractivity contribution in [1.82, 2.24) is 15.2 Å². The van der Waals surface area contributed by atoms with Gasteiger partial charge in [0, 0.05) is 51.2 Å². The van der Waals surface area contributed by atoms with Gasteiger partial charge in [-0.15, -0.1) is 0 Å². The minimum atomic E-state index is -0.268. The zero-order chi connectivity index (χ0) is 37.9. The summed E-state index contributed by atoms with van der Waals surface area (Å²) in [6.07, 6.45) is 31.9. The van der Waals surface area contributed by atoms with Gasteiger partial charge in [0.05, 0.1) is 11.6 Å². The lowest BCUT2D eigenvalue weighted by Gasteiger charge is -2.45. The Morgan fingerprint density at radius 2 is 1.53 bits per heavy atom. The van der Waals surface area contributed by atoms with Crippen molar-refractivity contribution in [1.29, 1.82) is 0 Å². The minimum absolute atomic E-state index is 0.00958. The van der Waals surface area contributed by atoms with Gasteiger partial charge in [-0.3, -0.25) is 5.32 Å².